The zero-order chi connectivity index (χ0) is 10.6. The summed E-state index contributed by atoms with van der Waals surface area (Å²) in [5.74, 6) is 3.06. The lowest BCUT2D eigenvalue weighted by Crippen LogP contribution is -1.99. The van der Waals surface area contributed by atoms with Crippen molar-refractivity contribution in [2.24, 2.45) is 0 Å². The minimum absolute atomic E-state index is 0.290. The first kappa shape index (κ1) is 11.1. The zero-order valence-corrected chi connectivity index (χ0v) is 9.41. The van der Waals surface area contributed by atoms with Gasteiger partial charge in [0, 0.05) is 16.5 Å². The highest BCUT2D eigenvalue weighted by Crippen LogP contribution is 2.29. The molecular weight excluding hydrogens is 244 g/mol. The van der Waals surface area contributed by atoms with Crippen LogP contribution in [0.2, 0.25) is 0 Å². The highest BCUT2D eigenvalue weighted by atomic mass is 79.9. The third kappa shape index (κ3) is 2.50. The average molecular weight is 255 g/mol. The number of hydrogen-bond donors (Lipinski definition) is 1. The second-order valence-electron chi connectivity index (χ2n) is 2.81. The van der Waals surface area contributed by atoms with Crippen molar-refractivity contribution in [1.82, 2.24) is 0 Å². The van der Waals surface area contributed by atoms with Gasteiger partial charge >= 0.3 is 0 Å². The predicted molar refractivity (Wildman–Crippen MR) is 59.1 cm³/mol. The fraction of sp³-hybridized carbons (Fsp3) is 0.273. The molecule has 1 rings (SSSR count). The van der Waals surface area contributed by atoms with Gasteiger partial charge in [0.2, 0.25) is 0 Å². The van der Waals surface area contributed by atoms with Gasteiger partial charge in [-0.3, -0.25) is 0 Å². The molecule has 0 amide bonds. The molecule has 0 aliphatic heterocycles. The molecular formula is C11H11BrO2. The van der Waals surface area contributed by atoms with E-state index in [1.165, 1.54) is 0 Å². The van der Waals surface area contributed by atoms with Gasteiger partial charge in [-0.2, -0.15) is 0 Å². The summed E-state index contributed by atoms with van der Waals surface area (Å²) in [6, 6.07) is 5.44. The van der Waals surface area contributed by atoms with E-state index in [4.69, 9.17) is 11.2 Å². The summed E-state index contributed by atoms with van der Waals surface area (Å²) in [5.41, 5.74) is 0.716. The van der Waals surface area contributed by atoms with Crippen LogP contribution in [0.3, 0.4) is 0 Å². The molecule has 0 aliphatic carbocycles. The van der Waals surface area contributed by atoms with Crippen molar-refractivity contribution in [2.45, 2.75) is 12.5 Å². The molecule has 1 N–H and O–H groups in total. The van der Waals surface area contributed by atoms with Crippen molar-refractivity contribution in [3.05, 3.63) is 28.2 Å². The quantitative estimate of drug-likeness (QED) is 0.841. The summed E-state index contributed by atoms with van der Waals surface area (Å²) in [6.07, 6.45) is 4.75. The average Bonchev–Trinajstić information content (AvgIpc) is 2.17. The topological polar surface area (TPSA) is 29.5 Å². The van der Waals surface area contributed by atoms with Crippen LogP contribution < -0.4 is 4.74 Å². The Morgan fingerprint density at radius 2 is 2.36 bits per heavy atom. The summed E-state index contributed by atoms with van der Waals surface area (Å²) >= 11 is 3.32. The largest absolute Gasteiger partial charge is 0.496 e. The van der Waals surface area contributed by atoms with Crippen LogP contribution in [0.15, 0.2) is 22.7 Å². The molecule has 1 aromatic rings. The van der Waals surface area contributed by atoms with Gasteiger partial charge in [-0.15, -0.1) is 12.3 Å². The van der Waals surface area contributed by atoms with Gasteiger partial charge in [0.25, 0.3) is 0 Å². The van der Waals surface area contributed by atoms with Crippen LogP contribution in [-0.2, 0) is 0 Å². The molecule has 1 aromatic carbocycles. The summed E-state index contributed by atoms with van der Waals surface area (Å²) in [6.45, 7) is 0. The monoisotopic (exact) mass is 254 g/mol. The van der Waals surface area contributed by atoms with E-state index in [0.717, 1.165) is 4.47 Å². The Morgan fingerprint density at radius 3 is 2.93 bits per heavy atom. The van der Waals surface area contributed by atoms with Crippen molar-refractivity contribution in [1.29, 1.82) is 0 Å². The molecule has 0 bridgehead atoms. The SMILES string of the molecule is C#CCC(O)c1ccc(Br)cc1OC. The molecule has 1 unspecified atom stereocenters. The van der Waals surface area contributed by atoms with E-state index in [1.807, 2.05) is 6.07 Å². The van der Waals surface area contributed by atoms with Crippen LogP contribution in [0, 0.1) is 12.3 Å². The Morgan fingerprint density at radius 1 is 1.64 bits per heavy atom. The number of terminal acetylenes is 1. The van der Waals surface area contributed by atoms with Crippen molar-refractivity contribution in [2.75, 3.05) is 7.11 Å². The van der Waals surface area contributed by atoms with Gasteiger partial charge in [-0.25, -0.2) is 0 Å². The number of hydrogen-bond acceptors (Lipinski definition) is 2. The van der Waals surface area contributed by atoms with Crippen LogP contribution in [0.5, 0.6) is 5.75 Å². The van der Waals surface area contributed by atoms with E-state index < -0.39 is 6.10 Å². The number of methoxy groups -OCH3 is 1. The van der Waals surface area contributed by atoms with Crippen LogP contribution in [0.25, 0.3) is 0 Å². The van der Waals surface area contributed by atoms with E-state index >= 15 is 0 Å². The zero-order valence-electron chi connectivity index (χ0n) is 7.83. The van der Waals surface area contributed by atoms with Crippen molar-refractivity contribution in [3.8, 4) is 18.1 Å². The molecule has 0 fully saturated rings. The maximum absolute atomic E-state index is 9.69. The van der Waals surface area contributed by atoms with E-state index in [0.29, 0.717) is 11.3 Å². The highest BCUT2D eigenvalue weighted by Gasteiger charge is 2.11. The van der Waals surface area contributed by atoms with E-state index in [-0.39, 0.29) is 6.42 Å². The smallest absolute Gasteiger partial charge is 0.125 e. The molecule has 0 saturated heterocycles. The van der Waals surface area contributed by atoms with Crippen LogP contribution in [0.1, 0.15) is 18.1 Å². The first-order chi connectivity index (χ1) is 6.69. The van der Waals surface area contributed by atoms with Crippen LogP contribution >= 0.6 is 15.9 Å². The summed E-state index contributed by atoms with van der Waals surface area (Å²) < 4.78 is 6.04. The fourth-order valence-corrected chi connectivity index (χ4v) is 1.52. The Labute approximate surface area is 92.0 Å². The molecule has 14 heavy (non-hydrogen) atoms. The standard InChI is InChI=1S/C11H11BrO2/c1-3-4-10(13)9-6-5-8(12)7-11(9)14-2/h1,5-7,10,13H,4H2,2H3. The molecule has 0 aliphatic rings. The first-order valence-electron chi connectivity index (χ1n) is 4.14. The maximum Gasteiger partial charge on any atom is 0.125 e. The van der Waals surface area contributed by atoms with Gasteiger partial charge in [-0.05, 0) is 12.1 Å². The molecule has 1 atom stereocenters. The Kier molecular flexibility index (Phi) is 3.99. The molecule has 0 radical (unpaired) electrons. The lowest BCUT2D eigenvalue weighted by Gasteiger charge is -2.12. The number of rotatable bonds is 3. The maximum atomic E-state index is 9.69. The normalized spacial score (nSPS) is 11.9. The number of aliphatic hydroxyl groups excluding tert-OH is 1. The summed E-state index contributed by atoms with van der Waals surface area (Å²) in [7, 11) is 1.56. The van der Waals surface area contributed by atoms with E-state index in [2.05, 4.69) is 21.9 Å². The number of aliphatic hydroxyl groups is 1. The summed E-state index contributed by atoms with van der Waals surface area (Å²) in [4.78, 5) is 0. The van der Waals surface area contributed by atoms with Gasteiger partial charge in [0.15, 0.2) is 0 Å². The van der Waals surface area contributed by atoms with Crippen molar-refractivity contribution < 1.29 is 9.84 Å². The van der Waals surface area contributed by atoms with Gasteiger partial charge in [-0.1, -0.05) is 22.0 Å². The number of ether oxygens (including phenoxy) is 1. The third-order valence-corrected chi connectivity index (χ3v) is 2.36. The van der Waals surface area contributed by atoms with E-state index in [1.54, 1.807) is 19.2 Å². The van der Waals surface area contributed by atoms with Crippen LogP contribution in [0.4, 0.5) is 0 Å². The highest BCUT2D eigenvalue weighted by molar-refractivity contribution is 9.10. The lowest BCUT2D eigenvalue weighted by atomic mass is 10.1. The number of benzene rings is 1. The second-order valence-corrected chi connectivity index (χ2v) is 3.73. The van der Waals surface area contributed by atoms with Gasteiger partial charge in [0.05, 0.1) is 13.2 Å². The fourth-order valence-electron chi connectivity index (χ4n) is 1.18. The molecule has 0 heterocycles. The van der Waals surface area contributed by atoms with E-state index in [9.17, 15) is 5.11 Å². The molecule has 0 saturated carbocycles. The molecule has 74 valence electrons. The second kappa shape index (κ2) is 5.04. The first-order valence-corrected chi connectivity index (χ1v) is 4.93. The Bertz CT molecular complexity index is 355. The number of halogens is 1. The predicted octanol–water partition coefficient (Wildman–Crippen LogP) is 2.51. The molecule has 3 heteroatoms. The molecule has 0 aromatic heterocycles. The minimum Gasteiger partial charge on any atom is -0.496 e. The lowest BCUT2D eigenvalue weighted by molar-refractivity contribution is 0.179. The van der Waals surface area contributed by atoms with Gasteiger partial charge < -0.3 is 9.84 Å². The molecule has 0 spiro atoms. The van der Waals surface area contributed by atoms with Gasteiger partial charge in [0.1, 0.15) is 5.75 Å². The Balaban J connectivity index is 3.02. The van der Waals surface area contributed by atoms with Crippen LogP contribution in [-0.4, -0.2) is 12.2 Å². The third-order valence-electron chi connectivity index (χ3n) is 1.87. The van der Waals surface area contributed by atoms with Crippen molar-refractivity contribution in [3.63, 3.8) is 0 Å². The summed E-state index contributed by atoms with van der Waals surface area (Å²) in [5, 5.41) is 9.69. The molecule has 2 nitrogen and oxygen atoms in total. The Hall–Kier alpha value is -0.980. The minimum atomic E-state index is -0.664. The van der Waals surface area contributed by atoms with Crippen molar-refractivity contribution >= 4 is 15.9 Å².